The van der Waals surface area contributed by atoms with Crippen molar-refractivity contribution in [3.63, 3.8) is 0 Å². The van der Waals surface area contributed by atoms with Gasteiger partial charge in [0.05, 0.1) is 5.41 Å². The van der Waals surface area contributed by atoms with Crippen molar-refractivity contribution >= 4 is 27.5 Å². The molecular formula is C51H36O2S. The summed E-state index contributed by atoms with van der Waals surface area (Å²) < 4.78 is 15.2. The van der Waals surface area contributed by atoms with Crippen LogP contribution in [0.2, 0.25) is 0 Å². The molecule has 54 heavy (non-hydrogen) atoms. The lowest BCUT2D eigenvalue weighted by molar-refractivity contribution is 0.360. The van der Waals surface area contributed by atoms with Crippen LogP contribution in [0.5, 0.6) is 23.0 Å². The minimum Gasteiger partial charge on any atom is -0.449 e. The van der Waals surface area contributed by atoms with E-state index in [2.05, 4.69) is 176 Å². The summed E-state index contributed by atoms with van der Waals surface area (Å²) in [4.78, 5) is 1.50. The fourth-order valence-corrected chi connectivity index (χ4v) is 10.5. The monoisotopic (exact) mass is 712 g/mol. The first-order valence-electron chi connectivity index (χ1n) is 18.9. The Hall–Kier alpha value is -6.16. The predicted molar refractivity (Wildman–Crippen MR) is 222 cm³/mol. The molecule has 7 aromatic carbocycles. The van der Waals surface area contributed by atoms with Crippen molar-refractivity contribution in [2.75, 3.05) is 0 Å². The van der Waals surface area contributed by atoms with E-state index in [1.54, 1.807) is 0 Å². The van der Waals surface area contributed by atoms with E-state index in [1.165, 1.54) is 65.0 Å². The standard InChI is InChI=1S/C51H36O2S/c1-4-14-33(15-5-1)30-41(35-24-26-39-38-20-11-13-23-47(38)54-48(39)32-35)34-25-28-44-46(31-34)52-45-29-27-43-49(50(45)53-44)40-21-10-12-22-42(40)51(43,36-16-6-2-7-17-36)37-18-8-3-9-19-37/h1-12,14-22,24-29,31-32,41H,13,23,30H2. The molecule has 1 atom stereocenters. The second-order valence-corrected chi connectivity index (χ2v) is 15.8. The summed E-state index contributed by atoms with van der Waals surface area (Å²) in [5.74, 6) is 3.14. The van der Waals surface area contributed by atoms with E-state index < -0.39 is 5.41 Å². The van der Waals surface area contributed by atoms with Gasteiger partial charge in [-0.3, -0.25) is 0 Å². The third kappa shape index (κ3) is 4.78. The quantitative estimate of drug-likeness (QED) is 0.171. The first-order valence-corrected chi connectivity index (χ1v) is 19.7. The molecule has 0 amide bonds. The van der Waals surface area contributed by atoms with Crippen LogP contribution < -0.4 is 9.47 Å². The van der Waals surface area contributed by atoms with Crippen LogP contribution in [0.3, 0.4) is 0 Å². The maximum atomic E-state index is 6.98. The minimum atomic E-state index is -0.499. The molecule has 0 bridgehead atoms. The highest BCUT2D eigenvalue weighted by molar-refractivity contribution is 7.19. The zero-order valence-electron chi connectivity index (χ0n) is 29.7. The molecule has 0 fully saturated rings. The van der Waals surface area contributed by atoms with Gasteiger partial charge < -0.3 is 9.47 Å². The molecule has 0 saturated carbocycles. The Kier molecular flexibility index (Phi) is 7.25. The molecule has 3 heteroatoms. The number of ether oxygens (including phenoxy) is 2. The Morgan fingerprint density at radius 1 is 0.593 bits per heavy atom. The van der Waals surface area contributed by atoms with Crippen molar-refractivity contribution in [3.8, 4) is 34.1 Å². The Bertz CT molecular complexity index is 2700. The van der Waals surface area contributed by atoms with Crippen molar-refractivity contribution in [1.29, 1.82) is 0 Å². The van der Waals surface area contributed by atoms with Crippen molar-refractivity contribution in [3.05, 3.63) is 219 Å². The van der Waals surface area contributed by atoms with Gasteiger partial charge in [-0.2, -0.15) is 0 Å². The Labute approximate surface area is 319 Å². The van der Waals surface area contributed by atoms with E-state index in [9.17, 15) is 0 Å². The van der Waals surface area contributed by atoms with Gasteiger partial charge in [-0.1, -0.05) is 152 Å². The molecule has 2 heterocycles. The average molecular weight is 713 g/mol. The van der Waals surface area contributed by atoms with Crippen LogP contribution in [-0.4, -0.2) is 0 Å². The van der Waals surface area contributed by atoms with Gasteiger partial charge in [-0.15, -0.1) is 11.3 Å². The van der Waals surface area contributed by atoms with Gasteiger partial charge >= 0.3 is 0 Å². The van der Waals surface area contributed by atoms with Crippen LogP contribution in [0.15, 0.2) is 170 Å². The van der Waals surface area contributed by atoms with Gasteiger partial charge in [0.2, 0.25) is 0 Å². The highest BCUT2D eigenvalue weighted by Gasteiger charge is 2.48. The van der Waals surface area contributed by atoms with Gasteiger partial charge in [0.1, 0.15) is 0 Å². The highest BCUT2D eigenvalue weighted by atomic mass is 32.1. The summed E-state index contributed by atoms with van der Waals surface area (Å²) in [6.45, 7) is 0. The van der Waals surface area contributed by atoms with E-state index in [-0.39, 0.29) is 5.92 Å². The number of rotatable bonds is 6. The maximum absolute atomic E-state index is 6.98. The van der Waals surface area contributed by atoms with Gasteiger partial charge in [0.25, 0.3) is 0 Å². The molecule has 1 aromatic heterocycles. The number of aryl methyl sites for hydroxylation is 1. The number of hydrogen-bond donors (Lipinski definition) is 0. The van der Waals surface area contributed by atoms with Gasteiger partial charge in [-0.25, -0.2) is 0 Å². The normalized spacial score (nSPS) is 14.9. The molecule has 1 unspecified atom stereocenters. The van der Waals surface area contributed by atoms with E-state index in [4.69, 9.17) is 9.47 Å². The average Bonchev–Trinajstić information content (AvgIpc) is 3.76. The molecule has 0 spiro atoms. The molecule has 2 nitrogen and oxygen atoms in total. The summed E-state index contributed by atoms with van der Waals surface area (Å²) in [5.41, 5.74) is 11.9. The maximum Gasteiger partial charge on any atom is 0.178 e. The number of allylic oxidation sites excluding steroid dienone is 1. The van der Waals surface area contributed by atoms with Crippen LogP contribution in [0, 0.1) is 0 Å². The van der Waals surface area contributed by atoms with Gasteiger partial charge in [0.15, 0.2) is 23.0 Å². The lowest BCUT2D eigenvalue weighted by Gasteiger charge is -2.34. The molecule has 2 aliphatic carbocycles. The largest absolute Gasteiger partial charge is 0.449 e. The molecule has 0 saturated heterocycles. The predicted octanol–water partition coefficient (Wildman–Crippen LogP) is 13.5. The lowest BCUT2D eigenvalue weighted by atomic mass is 9.68. The molecular weight excluding hydrogens is 677 g/mol. The lowest BCUT2D eigenvalue weighted by Crippen LogP contribution is -2.28. The topological polar surface area (TPSA) is 18.5 Å². The second kappa shape index (κ2) is 12.5. The number of benzene rings is 7. The third-order valence-corrected chi connectivity index (χ3v) is 12.9. The summed E-state index contributed by atoms with van der Waals surface area (Å²) in [7, 11) is 0. The second-order valence-electron chi connectivity index (χ2n) is 14.6. The van der Waals surface area contributed by atoms with Crippen LogP contribution >= 0.6 is 11.3 Å². The van der Waals surface area contributed by atoms with Crippen LogP contribution in [0.4, 0.5) is 0 Å². The van der Waals surface area contributed by atoms with Crippen molar-refractivity contribution in [2.24, 2.45) is 0 Å². The Morgan fingerprint density at radius 3 is 2.07 bits per heavy atom. The Balaban J connectivity index is 1.02. The molecule has 258 valence electrons. The smallest absolute Gasteiger partial charge is 0.178 e. The van der Waals surface area contributed by atoms with Gasteiger partial charge in [-0.05, 0) is 99.0 Å². The molecule has 0 radical (unpaired) electrons. The fourth-order valence-electron chi connectivity index (χ4n) is 9.26. The van der Waals surface area contributed by atoms with Crippen LogP contribution in [0.25, 0.3) is 27.3 Å². The molecule has 0 N–H and O–H groups in total. The summed E-state index contributed by atoms with van der Waals surface area (Å²) in [6, 6.07) is 59.4. The molecule has 11 rings (SSSR count). The van der Waals surface area contributed by atoms with E-state index in [0.29, 0.717) is 0 Å². The highest BCUT2D eigenvalue weighted by Crippen LogP contribution is 2.62. The molecule has 1 aliphatic heterocycles. The van der Waals surface area contributed by atoms with Crippen molar-refractivity contribution in [1.82, 2.24) is 0 Å². The first-order chi connectivity index (χ1) is 26.8. The number of thiophene rings is 1. The first kappa shape index (κ1) is 31.4. The molecule has 8 aromatic rings. The van der Waals surface area contributed by atoms with E-state index in [0.717, 1.165) is 47.8 Å². The zero-order valence-corrected chi connectivity index (χ0v) is 30.5. The summed E-state index contributed by atoms with van der Waals surface area (Å²) >= 11 is 1.95. The summed E-state index contributed by atoms with van der Waals surface area (Å²) in [6.07, 6.45) is 7.77. The van der Waals surface area contributed by atoms with Crippen LogP contribution in [0.1, 0.15) is 61.7 Å². The van der Waals surface area contributed by atoms with E-state index in [1.807, 2.05) is 11.3 Å². The number of hydrogen-bond acceptors (Lipinski definition) is 3. The number of fused-ring (bicyclic) bond motifs is 9. The third-order valence-electron chi connectivity index (χ3n) is 11.7. The van der Waals surface area contributed by atoms with Gasteiger partial charge in [0, 0.05) is 21.1 Å². The van der Waals surface area contributed by atoms with Crippen molar-refractivity contribution < 1.29 is 9.47 Å². The SMILES string of the molecule is C1=Cc2c(sc3cc(C(Cc4ccccc4)c4ccc5c(c4)Oc4ccc6c(c4O5)-c4ccccc4C6(c4ccccc4)c4ccccc4)ccc23)CC1. The minimum absolute atomic E-state index is 0.144. The summed E-state index contributed by atoms with van der Waals surface area (Å²) in [5, 5.41) is 1.37. The van der Waals surface area contributed by atoms with E-state index >= 15 is 0 Å². The fraction of sp³-hybridized carbons (Fsp3) is 0.0980. The van der Waals surface area contributed by atoms with Crippen LogP contribution in [-0.2, 0) is 18.3 Å². The Morgan fingerprint density at radius 2 is 1.28 bits per heavy atom. The van der Waals surface area contributed by atoms with Crippen molar-refractivity contribution in [2.45, 2.75) is 30.6 Å². The molecule has 3 aliphatic rings. The zero-order chi connectivity index (χ0) is 35.6.